The Morgan fingerprint density at radius 3 is 1.84 bits per heavy atom. The summed E-state index contributed by atoms with van der Waals surface area (Å²) >= 11 is 0. The SMILES string of the molecule is C=CC1CCC(CCC2CCC(c3cc(F)c(C)c(F)c3)CC2)CC1. The maximum Gasteiger partial charge on any atom is 0.129 e. The molecule has 0 heterocycles. The topological polar surface area (TPSA) is 0 Å². The molecule has 2 saturated carbocycles. The Hall–Kier alpha value is -1.18. The Kier molecular flexibility index (Phi) is 6.30. The third-order valence-electron chi connectivity index (χ3n) is 6.83. The molecule has 0 radical (unpaired) electrons. The van der Waals surface area contributed by atoms with Crippen LogP contribution in [0.15, 0.2) is 24.8 Å². The smallest absolute Gasteiger partial charge is 0.129 e. The molecule has 138 valence electrons. The lowest BCUT2D eigenvalue weighted by molar-refractivity contribution is 0.246. The number of hydrogen-bond acceptors (Lipinski definition) is 0. The summed E-state index contributed by atoms with van der Waals surface area (Å²) < 4.78 is 27.6. The van der Waals surface area contributed by atoms with E-state index in [0.29, 0.717) is 5.92 Å². The summed E-state index contributed by atoms with van der Waals surface area (Å²) in [6, 6.07) is 3.11. The lowest BCUT2D eigenvalue weighted by Gasteiger charge is -2.31. The number of rotatable bonds is 5. The first-order valence-electron chi connectivity index (χ1n) is 10.1. The predicted octanol–water partition coefficient (Wildman–Crippen LogP) is 7.32. The molecule has 0 aliphatic heterocycles. The highest BCUT2D eigenvalue weighted by Gasteiger charge is 2.25. The van der Waals surface area contributed by atoms with Gasteiger partial charge in [0.2, 0.25) is 0 Å². The summed E-state index contributed by atoms with van der Waals surface area (Å²) in [5, 5.41) is 0. The fourth-order valence-corrected chi connectivity index (χ4v) is 4.87. The minimum atomic E-state index is -0.396. The fourth-order valence-electron chi connectivity index (χ4n) is 4.87. The molecular weight excluding hydrogens is 314 g/mol. The van der Waals surface area contributed by atoms with Gasteiger partial charge in [-0.3, -0.25) is 0 Å². The van der Waals surface area contributed by atoms with E-state index in [1.807, 2.05) is 0 Å². The number of benzene rings is 1. The summed E-state index contributed by atoms with van der Waals surface area (Å²) in [6.45, 7) is 5.44. The molecule has 2 aliphatic rings. The van der Waals surface area contributed by atoms with Gasteiger partial charge < -0.3 is 0 Å². The van der Waals surface area contributed by atoms with Gasteiger partial charge in [0.1, 0.15) is 11.6 Å². The van der Waals surface area contributed by atoms with Gasteiger partial charge in [-0.25, -0.2) is 8.78 Å². The van der Waals surface area contributed by atoms with E-state index in [2.05, 4.69) is 12.7 Å². The summed E-state index contributed by atoms with van der Waals surface area (Å²) in [7, 11) is 0. The van der Waals surface area contributed by atoms with Gasteiger partial charge in [0.05, 0.1) is 0 Å². The van der Waals surface area contributed by atoms with Gasteiger partial charge >= 0.3 is 0 Å². The van der Waals surface area contributed by atoms with E-state index in [1.165, 1.54) is 58.3 Å². The molecule has 3 rings (SSSR count). The minimum Gasteiger partial charge on any atom is -0.207 e. The van der Waals surface area contributed by atoms with Gasteiger partial charge in [-0.1, -0.05) is 18.9 Å². The number of halogens is 2. The Bertz CT molecular complexity index is 553. The molecule has 2 heteroatoms. The molecule has 0 unspecified atom stereocenters. The van der Waals surface area contributed by atoms with Crippen LogP contribution in [0.5, 0.6) is 0 Å². The van der Waals surface area contributed by atoms with E-state index in [-0.39, 0.29) is 5.56 Å². The van der Waals surface area contributed by atoms with Crippen LogP contribution in [-0.2, 0) is 0 Å². The standard InChI is InChI=1S/C23H32F2/c1-3-17-4-6-18(7-5-17)8-9-19-10-12-20(13-11-19)21-14-22(24)16(2)23(25)15-21/h3,14-15,17-20H,1,4-13H2,2H3. The molecule has 0 amide bonds. The molecule has 2 fully saturated rings. The first-order chi connectivity index (χ1) is 12.1. The monoisotopic (exact) mass is 346 g/mol. The van der Waals surface area contributed by atoms with Crippen molar-refractivity contribution >= 4 is 0 Å². The number of allylic oxidation sites excluding steroid dienone is 1. The zero-order valence-corrected chi connectivity index (χ0v) is 15.6. The van der Waals surface area contributed by atoms with E-state index in [9.17, 15) is 8.78 Å². The largest absolute Gasteiger partial charge is 0.207 e. The van der Waals surface area contributed by atoms with Crippen molar-refractivity contribution < 1.29 is 8.78 Å². The van der Waals surface area contributed by atoms with Crippen LogP contribution in [0.3, 0.4) is 0 Å². The maximum atomic E-state index is 13.8. The zero-order chi connectivity index (χ0) is 17.8. The second-order valence-corrected chi connectivity index (χ2v) is 8.42. The molecule has 0 bridgehead atoms. The molecule has 0 aromatic heterocycles. The van der Waals surface area contributed by atoms with Crippen LogP contribution in [0.2, 0.25) is 0 Å². The van der Waals surface area contributed by atoms with E-state index in [4.69, 9.17) is 0 Å². The van der Waals surface area contributed by atoms with E-state index < -0.39 is 11.6 Å². The lowest BCUT2D eigenvalue weighted by atomic mass is 9.74. The Morgan fingerprint density at radius 2 is 1.36 bits per heavy atom. The molecule has 0 N–H and O–H groups in total. The van der Waals surface area contributed by atoms with Crippen LogP contribution in [0.25, 0.3) is 0 Å². The summed E-state index contributed by atoms with van der Waals surface area (Å²) in [5.41, 5.74) is 1.01. The fraction of sp³-hybridized carbons (Fsp3) is 0.652. The third-order valence-corrected chi connectivity index (χ3v) is 6.83. The van der Waals surface area contributed by atoms with Crippen molar-refractivity contribution in [3.8, 4) is 0 Å². The minimum absolute atomic E-state index is 0.142. The van der Waals surface area contributed by atoms with Gasteiger partial charge in [0, 0.05) is 5.56 Å². The summed E-state index contributed by atoms with van der Waals surface area (Å²) in [5.74, 6) is 2.02. The average molecular weight is 347 g/mol. The highest BCUT2D eigenvalue weighted by molar-refractivity contribution is 5.28. The van der Waals surface area contributed by atoms with Crippen LogP contribution in [-0.4, -0.2) is 0 Å². The van der Waals surface area contributed by atoms with Crippen molar-refractivity contribution in [3.63, 3.8) is 0 Å². The van der Waals surface area contributed by atoms with Crippen LogP contribution < -0.4 is 0 Å². The second-order valence-electron chi connectivity index (χ2n) is 8.42. The van der Waals surface area contributed by atoms with Crippen LogP contribution in [0, 0.1) is 36.3 Å². The Labute approximate surface area is 151 Å². The van der Waals surface area contributed by atoms with E-state index in [1.54, 1.807) is 12.1 Å². The van der Waals surface area contributed by atoms with E-state index in [0.717, 1.165) is 36.2 Å². The molecule has 1 aromatic rings. The van der Waals surface area contributed by atoms with Gasteiger partial charge in [0.25, 0.3) is 0 Å². The zero-order valence-electron chi connectivity index (χ0n) is 15.6. The van der Waals surface area contributed by atoms with Crippen molar-refractivity contribution in [3.05, 3.63) is 47.5 Å². The normalized spacial score (nSPS) is 30.2. The quantitative estimate of drug-likeness (QED) is 0.490. The summed E-state index contributed by atoms with van der Waals surface area (Å²) in [4.78, 5) is 0. The van der Waals surface area contributed by atoms with Gasteiger partial charge in [-0.2, -0.15) is 0 Å². The van der Waals surface area contributed by atoms with Crippen molar-refractivity contribution in [1.29, 1.82) is 0 Å². The van der Waals surface area contributed by atoms with E-state index >= 15 is 0 Å². The molecule has 2 aliphatic carbocycles. The van der Waals surface area contributed by atoms with Crippen LogP contribution in [0.4, 0.5) is 8.78 Å². The first-order valence-corrected chi connectivity index (χ1v) is 10.1. The first kappa shape index (κ1) is 18.6. The molecule has 0 atom stereocenters. The van der Waals surface area contributed by atoms with Crippen molar-refractivity contribution in [2.24, 2.45) is 17.8 Å². The lowest BCUT2D eigenvalue weighted by Crippen LogP contribution is -2.17. The maximum absolute atomic E-state index is 13.8. The molecule has 0 saturated heterocycles. The highest BCUT2D eigenvalue weighted by Crippen LogP contribution is 2.40. The molecule has 0 spiro atoms. The van der Waals surface area contributed by atoms with Crippen molar-refractivity contribution in [2.75, 3.05) is 0 Å². The van der Waals surface area contributed by atoms with Gasteiger partial charge in [-0.05, 0) is 99.7 Å². The Morgan fingerprint density at radius 1 is 0.880 bits per heavy atom. The van der Waals surface area contributed by atoms with Crippen molar-refractivity contribution in [1.82, 2.24) is 0 Å². The van der Waals surface area contributed by atoms with Crippen molar-refractivity contribution in [2.45, 2.75) is 77.0 Å². The summed E-state index contributed by atoms with van der Waals surface area (Å²) in [6.07, 6.45) is 14.8. The average Bonchev–Trinajstić information content (AvgIpc) is 2.65. The molecule has 25 heavy (non-hydrogen) atoms. The van der Waals surface area contributed by atoms with Crippen LogP contribution in [0.1, 0.15) is 81.3 Å². The second kappa shape index (κ2) is 8.47. The van der Waals surface area contributed by atoms with Gasteiger partial charge in [0.15, 0.2) is 0 Å². The van der Waals surface area contributed by atoms with Crippen LogP contribution >= 0.6 is 0 Å². The Balaban J connectivity index is 1.44. The molecule has 0 nitrogen and oxygen atoms in total. The predicted molar refractivity (Wildman–Crippen MR) is 101 cm³/mol. The third kappa shape index (κ3) is 4.71. The molecular formula is C23H32F2. The van der Waals surface area contributed by atoms with Gasteiger partial charge in [-0.15, -0.1) is 6.58 Å². The molecule has 1 aromatic carbocycles. The number of hydrogen-bond donors (Lipinski definition) is 0. The highest BCUT2D eigenvalue weighted by atomic mass is 19.1.